The Hall–Kier alpha value is -0.690. The van der Waals surface area contributed by atoms with E-state index in [1.807, 2.05) is 0 Å². The lowest BCUT2D eigenvalue weighted by Gasteiger charge is -2.12. The Balaban J connectivity index is 3.17. The minimum atomic E-state index is -4.45. The summed E-state index contributed by atoms with van der Waals surface area (Å²) < 4.78 is 37.0. The molecule has 0 heterocycles. The van der Waals surface area contributed by atoms with E-state index in [0.29, 0.717) is 0 Å². The highest BCUT2D eigenvalue weighted by Crippen LogP contribution is 2.39. The first kappa shape index (κ1) is 14.4. The van der Waals surface area contributed by atoms with Gasteiger partial charge >= 0.3 is 5.51 Å². The molecule has 0 amide bonds. The molecule has 0 spiro atoms. The summed E-state index contributed by atoms with van der Waals surface area (Å²) in [7, 11) is 0. The molecule has 94 valence electrons. The van der Waals surface area contributed by atoms with Crippen LogP contribution in [0.4, 0.5) is 18.9 Å². The number of carbonyl (C=O) groups is 1. The van der Waals surface area contributed by atoms with Crippen LogP contribution >= 0.6 is 27.7 Å². The van der Waals surface area contributed by atoms with Gasteiger partial charge in [-0.05, 0) is 36.9 Å². The molecule has 0 fully saturated rings. The molecule has 1 unspecified atom stereocenters. The summed E-state index contributed by atoms with van der Waals surface area (Å²) in [6.45, 7) is 1.56. The highest BCUT2D eigenvalue weighted by Gasteiger charge is 2.31. The molecule has 0 bridgehead atoms. The highest BCUT2D eigenvalue weighted by molar-refractivity contribution is 9.10. The second kappa shape index (κ2) is 5.30. The molecule has 1 aromatic carbocycles. The van der Waals surface area contributed by atoms with Crippen molar-refractivity contribution in [2.45, 2.75) is 22.2 Å². The van der Waals surface area contributed by atoms with E-state index in [4.69, 9.17) is 5.73 Å². The zero-order chi connectivity index (χ0) is 13.2. The number of hydrogen-bond donors (Lipinski definition) is 1. The lowest BCUT2D eigenvalue weighted by molar-refractivity contribution is -0.0328. The molecule has 0 radical (unpaired) electrons. The van der Waals surface area contributed by atoms with Crippen molar-refractivity contribution in [3.63, 3.8) is 0 Å². The molecular weight excluding hydrogens is 319 g/mol. The van der Waals surface area contributed by atoms with Crippen LogP contribution in [-0.2, 0) is 0 Å². The standard InChI is InChI=1S/C10H9BrF3NOS/c1-5(11)9(16)7-3-2-6(15)4-8(7)17-10(12,13)14/h2-5H,15H2,1H3. The van der Waals surface area contributed by atoms with Gasteiger partial charge in [0.2, 0.25) is 0 Å². The van der Waals surface area contributed by atoms with Crippen LogP contribution in [0.5, 0.6) is 0 Å². The van der Waals surface area contributed by atoms with Gasteiger partial charge in [0.05, 0.1) is 4.83 Å². The number of halogens is 4. The second-order valence-electron chi connectivity index (χ2n) is 3.28. The quantitative estimate of drug-likeness (QED) is 0.397. The Morgan fingerprint density at radius 2 is 2.06 bits per heavy atom. The molecule has 0 saturated carbocycles. The lowest BCUT2D eigenvalue weighted by atomic mass is 10.1. The van der Waals surface area contributed by atoms with Crippen molar-refractivity contribution in [2.24, 2.45) is 0 Å². The van der Waals surface area contributed by atoms with Crippen LogP contribution in [-0.4, -0.2) is 16.1 Å². The topological polar surface area (TPSA) is 43.1 Å². The summed E-state index contributed by atoms with van der Waals surface area (Å²) in [4.78, 5) is 11.0. The molecule has 1 atom stereocenters. The number of benzene rings is 1. The van der Waals surface area contributed by atoms with Crippen molar-refractivity contribution in [3.05, 3.63) is 23.8 Å². The Morgan fingerprint density at radius 3 is 2.53 bits per heavy atom. The molecule has 7 heteroatoms. The third-order valence-electron chi connectivity index (χ3n) is 1.86. The van der Waals surface area contributed by atoms with Crippen molar-refractivity contribution in [3.8, 4) is 0 Å². The van der Waals surface area contributed by atoms with Crippen molar-refractivity contribution in [1.29, 1.82) is 0 Å². The fraction of sp³-hybridized carbons (Fsp3) is 0.300. The van der Waals surface area contributed by atoms with Gasteiger partial charge in [0.15, 0.2) is 5.78 Å². The summed E-state index contributed by atoms with van der Waals surface area (Å²) in [6.07, 6.45) is 0. The zero-order valence-corrected chi connectivity index (χ0v) is 11.1. The Morgan fingerprint density at radius 1 is 1.47 bits per heavy atom. The fourth-order valence-electron chi connectivity index (χ4n) is 1.17. The Bertz CT molecular complexity index is 434. The molecule has 2 N–H and O–H groups in total. The first-order valence-corrected chi connectivity index (χ1v) is 6.27. The summed E-state index contributed by atoms with van der Waals surface area (Å²) >= 11 is 2.70. The minimum Gasteiger partial charge on any atom is -0.399 e. The van der Waals surface area contributed by atoms with Gasteiger partial charge in [-0.3, -0.25) is 4.79 Å². The Kier molecular flexibility index (Phi) is 4.48. The van der Waals surface area contributed by atoms with E-state index in [2.05, 4.69) is 15.9 Å². The predicted octanol–water partition coefficient (Wildman–Crippen LogP) is 3.85. The van der Waals surface area contributed by atoms with Gasteiger partial charge in [0.1, 0.15) is 0 Å². The number of nitrogens with two attached hydrogens (primary N) is 1. The minimum absolute atomic E-state index is 0.0194. The van der Waals surface area contributed by atoms with Crippen LogP contribution in [0, 0.1) is 0 Å². The third-order valence-corrected chi connectivity index (χ3v) is 3.06. The number of thioether (sulfide) groups is 1. The number of Topliss-reactive ketones (excluding diaryl/α,β-unsaturated/α-hetero) is 1. The monoisotopic (exact) mass is 327 g/mol. The largest absolute Gasteiger partial charge is 0.446 e. The number of carbonyl (C=O) groups excluding carboxylic acids is 1. The molecule has 1 rings (SSSR count). The molecule has 0 aliphatic heterocycles. The maximum atomic E-state index is 12.3. The molecule has 0 saturated heterocycles. The average Bonchev–Trinajstić information content (AvgIpc) is 2.14. The van der Waals surface area contributed by atoms with Crippen LogP contribution in [0.2, 0.25) is 0 Å². The van der Waals surface area contributed by atoms with Crippen molar-refractivity contribution >= 4 is 39.2 Å². The van der Waals surface area contributed by atoms with Gasteiger partial charge in [0, 0.05) is 16.1 Å². The SMILES string of the molecule is CC(Br)C(=O)c1ccc(N)cc1SC(F)(F)F. The van der Waals surface area contributed by atoms with Gasteiger partial charge in [-0.2, -0.15) is 13.2 Å². The van der Waals surface area contributed by atoms with Gasteiger partial charge < -0.3 is 5.73 Å². The number of rotatable bonds is 3. The van der Waals surface area contributed by atoms with Crippen molar-refractivity contribution in [2.75, 3.05) is 5.73 Å². The van der Waals surface area contributed by atoms with Gasteiger partial charge in [0.25, 0.3) is 0 Å². The zero-order valence-electron chi connectivity index (χ0n) is 8.72. The second-order valence-corrected chi connectivity index (χ2v) is 5.76. The van der Waals surface area contributed by atoms with Crippen molar-refractivity contribution < 1.29 is 18.0 Å². The van der Waals surface area contributed by atoms with Crippen LogP contribution in [0.25, 0.3) is 0 Å². The molecule has 1 aromatic rings. The first-order chi connectivity index (χ1) is 7.70. The summed E-state index contributed by atoms with van der Waals surface area (Å²) in [5.74, 6) is -0.406. The van der Waals surface area contributed by atoms with Crippen LogP contribution in [0.3, 0.4) is 0 Å². The van der Waals surface area contributed by atoms with E-state index < -0.39 is 16.1 Å². The predicted molar refractivity (Wildman–Crippen MR) is 65.5 cm³/mol. The number of hydrogen-bond acceptors (Lipinski definition) is 3. The molecule has 17 heavy (non-hydrogen) atoms. The van der Waals surface area contributed by atoms with E-state index in [1.165, 1.54) is 12.1 Å². The molecule has 0 aliphatic rings. The highest BCUT2D eigenvalue weighted by atomic mass is 79.9. The lowest BCUT2D eigenvalue weighted by Crippen LogP contribution is -2.12. The van der Waals surface area contributed by atoms with Gasteiger partial charge in [-0.25, -0.2) is 0 Å². The Labute approximate surface area is 109 Å². The fourth-order valence-corrected chi connectivity index (χ4v) is 2.14. The van der Waals surface area contributed by atoms with Gasteiger partial charge in [-0.15, -0.1) is 0 Å². The molecular formula is C10H9BrF3NOS. The number of ketones is 1. The van der Waals surface area contributed by atoms with E-state index >= 15 is 0 Å². The van der Waals surface area contributed by atoms with E-state index in [-0.39, 0.29) is 27.9 Å². The summed E-state index contributed by atoms with van der Waals surface area (Å²) in [5.41, 5.74) is 1.18. The average molecular weight is 328 g/mol. The van der Waals surface area contributed by atoms with E-state index in [9.17, 15) is 18.0 Å². The van der Waals surface area contributed by atoms with E-state index in [1.54, 1.807) is 6.92 Å². The van der Waals surface area contributed by atoms with Crippen molar-refractivity contribution in [1.82, 2.24) is 0 Å². The third kappa shape index (κ3) is 4.23. The number of alkyl halides is 4. The first-order valence-electron chi connectivity index (χ1n) is 4.54. The molecule has 0 aromatic heterocycles. The maximum Gasteiger partial charge on any atom is 0.446 e. The summed E-state index contributed by atoms with van der Waals surface area (Å²) in [5, 5.41) is 0. The van der Waals surface area contributed by atoms with Crippen LogP contribution in [0.1, 0.15) is 17.3 Å². The van der Waals surface area contributed by atoms with E-state index in [0.717, 1.165) is 6.07 Å². The maximum absolute atomic E-state index is 12.3. The number of anilines is 1. The smallest absolute Gasteiger partial charge is 0.399 e. The van der Waals surface area contributed by atoms with Crippen LogP contribution < -0.4 is 5.73 Å². The number of nitrogen functional groups attached to an aromatic ring is 1. The summed E-state index contributed by atoms with van der Waals surface area (Å²) in [6, 6.07) is 3.87. The normalized spacial score (nSPS) is 13.5. The van der Waals surface area contributed by atoms with Gasteiger partial charge in [-0.1, -0.05) is 15.9 Å². The van der Waals surface area contributed by atoms with Crippen LogP contribution in [0.15, 0.2) is 23.1 Å². The molecule has 0 aliphatic carbocycles. The molecule has 2 nitrogen and oxygen atoms in total.